The van der Waals surface area contributed by atoms with Crippen LogP contribution in [0.2, 0.25) is 0 Å². The minimum absolute atomic E-state index is 0.172. The van der Waals surface area contributed by atoms with Crippen molar-refractivity contribution in [2.24, 2.45) is 10.4 Å². The summed E-state index contributed by atoms with van der Waals surface area (Å²) < 4.78 is 0. The molecule has 0 fully saturated rings. The van der Waals surface area contributed by atoms with E-state index in [-0.39, 0.29) is 12.1 Å². The Morgan fingerprint density at radius 1 is 1.53 bits per heavy atom. The number of carboxylic acid groups (broad SMARTS) is 1. The third-order valence-electron chi connectivity index (χ3n) is 3.52. The maximum Gasteiger partial charge on any atom is 0.315 e. The average Bonchev–Trinajstić information content (AvgIpc) is 2.38. The number of nitrogens with zero attached hydrogens (tertiary/aromatic N) is 1. The number of aliphatic carboxylic acids is 1. The van der Waals surface area contributed by atoms with E-state index in [0.29, 0.717) is 12.1 Å². The fraction of sp³-hybridized carbons (Fsp3) is 0.357. The van der Waals surface area contributed by atoms with Crippen LogP contribution in [0.15, 0.2) is 28.0 Å². The first-order valence-electron chi connectivity index (χ1n) is 6.15. The summed E-state index contributed by atoms with van der Waals surface area (Å²) in [4.78, 5) is 29.5. The largest absolute Gasteiger partial charge is 0.481 e. The number of hydrogen-bond acceptors (Lipinski definition) is 3. The van der Waals surface area contributed by atoms with Gasteiger partial charge in [0.15, 0.2) is 0 Å². The summed E-state index contributed by atoms with van der Waals surface area (Å²) in [7, 11) is 0. The van der Waals surface area contributed by atoms with E-state index in [9.17, 15) is 14.7 Å². The van der Waals surface area contributed by atoms with E-state index in [1.54, 1.807) is 25.3 Å². The van der Waals surface area contributed by atoms with Gasteiger partial charge in [-0.1, -0.05) is 13.0 Å². The van der Waals surface area contributed by atoms with Gasteiger partial charge in [0.1, 0.15) is 5.41 Å². The topological polar surface area (TPSA) is 82.5 Å². The Balaban J connectivity index is 2.52. The third-order valence-corrected chi connectivity index (χ3v) is 3.52. The van der Waals surface area contributed by atoms with Crippen molar-refractivity contribution < 1.29 is 9.90 Å². The van der Waals surface area contributed by atoms with E-state index in [4.69, 9.17) is 0 Å². The molecule has 2 heterocycles. The fourth-order valence-corrected chi connectivity index (χ4v) is 2.22. The van der Waals surface area contributed by atoms with Crippen molar-refractivity contribution in [3.05, 3.63) is 39.8 Å². The number of aromatic amines is 1. The van der Waals surface area contributed by atoms with Gasteiger partial charge in [-0.25, -0.2) is 0 Å². The van der Waals surface area contributed by atoms with Crippen molar-refractivity contribution >= 4 is 17.8 Å². The summed E-state index contributed by atoms with van der Waals surface area (Å²) in [5.74, 6) is -0.869. The average molecular weight is 260 g/mol. The molecule has 2 rings (SSSR count). The number of allylic oxidation sites excluding steroid dienone is 1. The van der Waals surface area contributed by atoms with Gasteiger partial charge < -0.3 is 10.1 Å². The molecule has 0 bridgehead atoms. The van der Waals surface area contributed by atoms with Gasteiger partial charge in [-0.15, -0.1) is 0 Å². The highest BCUT2D eigenvalue weighted by Gasteiger charge is 2.36. The quantitative estimate of drug-likeness (QED) is 0.866. The van der Waals surface area contributed by atoms with Crippen molar-refractivity contribution in [2.45, 2.75) is 20.3 Å². The van der Waals surface area contributed by atoms with E-state index in [0.717, 1.165) is 11.1 Å². The third kappa shape index (κ3) is 2.36. The number of carboxylic acids is 1. The minimum atomic E-state index is -0.952. The van der Waals surface area contributed by atoms with Gasteiger partial charge in [-0.05, 0) is 25.0 Å². The number of rotatable bonds is 3. The highest BCUT2D eigenvalue weighted by Crippen LogP contribution is 2.32. The Hall–Kier alpha value is -2.17. The molecule has 5 nitrogen and oxygen atoms in total. The number of carbonyl (C=O) groups is 1. The molecular weight excluding hydrogens is 244 g/mol. The zero-order chi connectivity index (χ0) is 14.0. The van der Waals surface area contributed by atoms with Crippen LogP contribution in [-0.2, 0) is 4.79 Å². The molecule has 1 aromatic rings. The second-order valence-corrected chi connectivity index (χ2v) is 4.75. The maximum atomic E-state index is 11.4. The van der Waals surface area contributed by atoms with E-state index in [1.165, 1.54) is 6.07 Å². The van der Waals surface area contributed by atoms with Gasteiger partial charge in [0.25, 0.3) is 0 Å². The second kappa shape index (κ2) is 4.84. The van der Waals surface area contributed by atoms with Crippen LogP contribution in [0.4, 0.5) is 0 Å². The molecule has 0 radical (unpaired) electrons. The van der Waals surface area contributed by atoms with Gasteiger partial charge >= 0.3 is 5.97 Å². The minimum Gasteiger partial charge on any atom is -0.481 e. The van der Waals surface area contributed by atoms with Crippen LogP contribution in [0.3, 0.4) is 0 Å². The normalized spacial score (nSPS) is 22.1. The lowest BCUT2D eigenvalue weighted by molar-refractivity contribution is -0.145. The van der Waals surface area contributed by atoms with Gasteiger partial charge in [-0.2, -0.15) is 0 Å². The number of pyridine rings is 1. The summed E-state index contributed by atoms with van der Waals surface area (Å²) in [5.41, 5.74) is 1.13. The first kappa shape index (κ1) is 13.3. The summed E-state index contributed by atoms with van der Waals surface area (Å²) >= 11 is 0. The van der Waals surface area contributed by atoms with Crippen LogP contribution in [0.5, 0.6) is 0 Å². The van der Waals surface area contributed by atoms with Crippen LogP contribution in [0, 0.1) is 12.3 Å². The van der Waals surface area contributed by atoms with Gasteiger partial charge in [0.05, 0.1) is 6.54 Å². The maximum absolute atomic E-state index is 11.4. The van der Waals surface area contributed by atoms with Gasteiger partial charge in [0, 0.05) is 23.5 Å². The van der Waals surface area contributed by atoms with Crippen molar-refractivity contribution in [1.29, 1.82) is 0 Å². The van der Waals surface area contributed by atoms with Gasteiger partial charge in [0.2, 0.25) is 5.56 Å². The number of aliphatic imine (C=N–C) groups is 1. The Morgan fingerprint density at radius 2 is 2.26 bits per heavy atom. The first-order chi connectivity index (χ1) is 8.98. The zero-order valence-electron chi connectivity index (χ0n) is 10.9. The molecule has 2 N–H and O–H groups in total. The highest BCUT2D eigenvalue weighted by molar-refractivity contribution is 6.12. The number of dihydropyridines is 1. The van der Waals surface area contributed by atoms with Crippen molar-refractivity contribution in [1.82, 2.24) is 4.98 Å². The number of aromatic nitrogens is 1. The number of H-pyrrole nitrogens is 1. The van der Waals surface area contributed by atoms with Crippen LogP contribution in [0.25, 0.3) is 5.57 Å². The Labute approximate surface area is 110 Å². The molecular formula is C14H16N2O3. The Kier molecular flexibility index (Phi) is 3.38. The molecule has 0 aliphatic carbocycles. The SMILES string of the molecule is CC[C@@]1(C(=O)O)C=C(c2ccc(=O)[nH]c2C)C=NC1. The number of nitrogens with one attached hydrogen (secondary N) is 1. The summed E-state index contributed by atoms with van der Waals surface area (Å²) in [5, 5.41) is 9.39. The smallest absolute Gasteiger partial charge is 0.315 e. The first-order valence-corrected chi connectivity index (χ1v) is 6.15. The molecule has 0 amide bonds. The Morgan fingerprint density at radius 3 is 2.84 bits per heavy atom. The van der Waals surface area contributed by atoms with Crippen LogP contribution in [0.1, 0.15) is 24.6 Å². The van der Waals surface area contributed by atoms with Crippen molar-refractivity contribution in [3.8, 4) is 0 Å². The molecule has 0 saturated carbocycles. The number of aryl methyl sites for hydroxylation is 1. The van der Waals surface area contributed by atoms with E-state index < -0.39 is 11.4 Å². The Bertz CT molecular complexity index is 628. The fourth-order valence-electron chi connectivity index (χ4n) is 2.22. The standard InChI is InChI=1S/C14H16N2O3/c1-3-14(13(18)19)6-10(7-15-8-14)11-4-5-12(17)16-9(11)2/h4-7H,3,8H2,1-2H3,(H,16,17)(H,18,19)/t14-/m1/s1. The molecule has 1 aliphatic heterocycles. The van der Waals surface area contributed by atoms with Gasteiger partial charge in [-0.3, -0.25) is 14.6 Å². The molecule has 0 aromatic carbocycles. The molecule has 100 valence electrons. The summed E-state index contributed by atoms with van der Waals surface area (Å²) in [6, 6.07) is 3.12. The predicted molar refractivity (Wildman–Crippen MR) is 73.5 cm³/mol. The molecule has 0 saturated heterocycles. The van der Waals surface area contributed by atoms with E-state index in [2.05, 4.69) is 9.98 Å². The molecule has 19 heavy (non-hydrogen) atoms. The molecule has 1 atom stereocenters. The molecule has 0 spiro atoms. The lowest BCUT2D eigenvalue weighted by atomic mass is 9.80. The van der Waals surface area contributed by atoms with Crippen molar-refractivity contribution in [3.63, 3.8) is 0 Å². The molecule has 0 unspecified atom stereocenters. The molecule has 5 heteroatoms. The van der Waals surface area contributed by atoms with Crippen LogP contribution in [-0.4, -0.2) is 28.8 Å². The predicted octanol–water partition coefficient (Wildman–Crippen LogP) is 1.63. The van der Waals surface area contributed by atoms with E-state index >= 15 is 0 Å². The zero-order valence-corrected chi connectivity index (χ0v) is 10.9. The lowest BCUT2D eigenvalue weighted by Crippen LogP contribution is -2.33. The molecule has 1 aliphatic rings. The highest BCUT2D eigenvalue weighted by atomic mass is 16.4. The lowest BCUT2D eigenvalue weighted by Gasteiger charge is -2.26. The van der Waals surface area contributed by atoms with Crippen LogP contribution >= 0.6 is 0 Å². The summed E-state index contributed by atoms with van der Waals surface area (Å²) in [6.07, 6.45) is 3.88. The van der Waals surface area contributed by atoms with Crippen molar-refractivity contribution in [2.75, 3.05) is 6.54 Å². The van der Waals surface area contributed by atoms with Crippen LogP contribution < -0.4 is 5.56 Å². The second-order valence-electron chi connectivity index (χ2n) is 4.75. The monoisotopic (exact) mass is 260 g/mol. The molecule has 1 aromatic heterocycles. The summed E-state index contributed by atoms with van der Waals surface area (Å²) in [6.45, 7) is 3.88. The van der Waals surface area contributed by atoms with E-state index in [1.807, 2.05) is 6.92 Å². The number of hydrogen-bond donors (Lipinski definition) is 2.